The number of pyridine rings is 2. The fraction of sp³-hybridized carbons (Fsp3) is 0.222. The van der Waals surface area contributed by atoms with Crippen LogP contribution >= 0.6 is 0 Å². The van der Waals surface area contributed by atoms with E-state index < -0.39 is 20.3 Å². The van der Waals surface area contributed by atoms with E-state index in [1.807, 2.05) is 73.8 Å². The Kier molecular flexibility index (Phi) is 11.2. The van der Waals surface area contributed by atoms with Gasteiger partial charge < -0.3 is 14.4 Å². The Morgan fingerprint density at radius 2 is 1.57 bits per heavy atom. The minimum absolute atomic E-state index is 0. The van der Waals surface area contributed by atoms with Gasteiger partial charge in [-0.25, -0.2) is 0 Å². The van der Waals surface area contributed by atoms with Crippen molar-refractivity contribution in [1.82, 2.24) is 9.97 Å². The van der Waals surface area contributed by atoms with Crippen LogP contribution in [-0.2, 0) is 26.5 Å². The van der Waals surface area contributed by atoms with Gasteiger partial charge in [-0.05, 0) is 79.7 Å². The summed E-state index contributed by atoms with van der Waals surface area (Å²) in [6.07, 6.45) is 7.57. The molecular formula is C54H49FIrN2OSi-2. The summed E-state index contributed by atoms with van der Waals surface area (Å²) in [4.78, 5) is 9.24. The second-order valence-electron chi connectivity index (χ2n) is 16.7. The number of halogens is 1. The molecule has 3 nitrogen and oxygen atoms in total. The van der Waals surface area contributed by atoms with Gasteiger partial charge in [0.2, 0.25) is 0 Å². The van der Waals surface area contributed by atoms with Crippen molar-refractivity contribution in [2.45, 2.75) is 70.9 Å². The van der Waals surface area contributed by atoms with Crippen molar-refractivity contribution in [2.24, 2.45) is 5.92 Å². The van der Waals surface area contributed by atoms with E-state index in [-0.39, 0.29) is 31.8 Å². The zero-order valence-corrected chi connectivity index (χ0v) is 37.8. The van der Waals surface area contributed by atoms with Gasteiger partial charge in [0.25, 0.3) is 0 Å². The number of rotatable bonds is 7. The molecule has 1 radical (unpaired) electrons. The van der Waals surface area contributed by atoms with Crippen molar-refractivity contribution in [1.29, 1.82) is 0 Å². The summed E-state index contributed by atoms with van der Waals surface area (Å²) in [6, 6.07) is 47.4. The number of nitrogens with zero attached hydrogens (tertiary/aromatic N) is 2. The third-order valence-corrected chi connectivity index (χ3v) is 13.7. The molecular weight excluding hydrogens is 932 g/mol. The molecule has 1 fully saturated rings. The maximum Gasteiger partial charge on any atom is 0.121 e. The minimum atomic E-state index is -1.71. The Balaban J connectivity index is 0.000000180. The van der Waals surface area contributed by atoms with Gasteiger partial charge in [-0.1, -0.05) is 154 Å². The number of furan rings is 1. The predicted octanol–water partition coefficient (Wildman–Crippen LogP) is 14.3. The molecule has 6 heteroatoms. The number of fused-ring (bicyclic) bond motifs is 6. The molecule has 60 heavy (non-hydrogen) atoms. The van der Waals surface area contributed by atoms with Gasteiger partial charge in [-0.3, -0.25) is 4.39 Å². The summed E-state index contributed by atoms with van der Waals surface area (Å²) in [5.74, 6) is -1.16. The van der Waals surface area contributed by atoms with Crippen molar-refractivity contribution in [3.8, 4) is 22.5 Å². The fourth-order valence-corrected chi connectivity index (χ4v) is 10.0. The third kappa shape index (κ3) is 8.65. The van der Waals surface area contributed by atoms with Crippen LogP contribution in [0.2, 0.25) is 19.6 Å². The van der Waals surface area contributed by atoms with Crippen LogP contribution in [0.15, 0.2) is 144 Å². The van der Waals surface area contributed by atoms with Gasteiger partial charge >= 0.3 is 0 Å². The molecule has 6 aromatic carbocycles. The zero-order valence-electron chi connectivity index (χ0n) is 37.4. The average molecular weight is 984 g/mol. The van der Waals surface area contributed by atoms with Crippen LogP contribution in [0.4, 0.5) is 4.39 Å². The smallest absolute Gasteiger partial charge is 0.121 e. The Bertz CT molecular complexity index is 3070. The summed E-state index contributed by atoms with van der Waals surface area (Å²) < 4.78 is 46.7. The van der Waals surface area contributed by atoms with Gasteiger partial charge in [-0.2, -0.15) is 0 Å². The maximum atomic E-state index is 13.2. The fourth-order valence-electron chi connectivity index (χ4n) is 8.49. The first kappa shape index (κ1) is 37.7. The maximum absolute atomic E-state index is 13.2. The zero-order chi connectivity index (χ0) is 43.2. The summed E-state index contributed by atoms with van der Waals surface area (Å²) in [5.41, 5.74) is 7.11. The van der Waals surface area contributed by atoms with Crippen LogP contribution in [0.25, 0.3) is 66.0 Å². The van der Waals surface area contributed by atoms with Crippen LogP contribution in [0.1, 0.15) is 65.7 Å². The quantitative estimate of drug-likeness (QED) is 0.0907. The molecule has 3 aromatic heterocycles. The molecule has 1 aliphatic carbocycles. The van der Waals surface area contributed by atoms with Crippen molar-refractivity contribution in [3.63, 3.8) is 0 Å². The summed E-state index contributed by atoms with van der Waals surface area (Å²) in [5, 5.41) is 8.04. The molecule has 10 rings (SSSR count). The van der Waals surface area contributed by atoms with E-state index in [4.69, 9.17) is 8.53 Å². The monoisotopic (exact) mass is 984 g/mol. The van der Waals surface area contributed by atoms with E-state index in [0.717, 1.165) is 75.6 Å². The van der Waals surface area contributed by atoms with E-state index >= 15 is 0 Å². The Morgan fingerprint density at radius 1 is 0.783 bits per heavy atom. The first-order valence-electron chi connectivity index (χ1n) is 22.2. The molecule has 1 saturated carbocycles. The van der Waals surface area contributed by atoms with Gasteiger partial charge in [0.05, 0.1) is 13.7 Å². The summed E-state index contributed by atoms with van der Waals surface area (Å²) in [7, 11) is -1.71. The van der Waals surface area contributed by atoms with Gasteiger partial charge in [0.15, 0.2) is 0 Å². The average Bonchev–Trinajstić information content (AvgIpc) is 3.66. The molecule has 9 aromatic rings. The Morgan fingerprint density at radius 3 is 2.35 bits per heavy atom. The molecule has 1 unspecified atom stereocenters. The molecule has 3 heterocycles. The van der Waals surface area contributed by atoms with E-state index in [1.165, 1.54) is 45.3 Å². The van der Waals surface area contributed by atoms with Gasteiger partial charge in [0, 0.05) is 53.7 Å². The summed E-state index contributed by atoms with van der Waals surface area (Å²) in [6.45, 7) is 8.72. The standard InChI is InChI=1S/C32H26NO.C22H23FNSi.Ir/c1-2-7-21(8-3-1)17-22-15-16-33-30(18-22)27-12-6-11-26-29-19-24-14-13-23-9-4-5-10-25(23)28(24)20-31(29)34-32(26)27;1-16(17-8-6-5-7-9-17)20-14-21(18-10-12-19(23)13-11-18)24-15-22(20)25(2,3)4;/h4-6,9-11,13-16,18-21H,1-3,7-8,17H2;5-10,12-16H,1-4H3;/q2*-1;/i17D2;16D;. The van der Waals surface area contributed by atoms with E-state index in [2.05, 4.69) is 90.3 Å². The SMILES string of the molecule is [2H]C(C)(c1ccccc1)c1cc(-c2[c-]cc(F)cc2)ncc1[Si](C)(C)C.[2H]C([2H])(c1ccnc(-c2[c-]ccc3c2oc2cc4c(ccc5ccccc54)cc23)c1)C1CCCCC1.[Ir]. The van der Waals surface area contributed by atoms with Crippen molar-refractivity contribution >= 4 is 56.7 Å². The molecule has 1 aliphatic rings. The number of hydrogen-bond acceptors (Lipinski definition) is 3. The molecule has 0 saturated heterocycles. The Hall–Kier alpha value is -5.26. The third-order valence-electron chi connectivity index (χ3n) is 11.7. The first-order chi connectivity index (χ1) is 29.8. The predicted molar refractivity (Wildman–Crippen MR) is 246 cm³/mol. The first-order valence-corrected chi connectivity index (χ1v) is 24.2. The molecule has 303 valence electrons. The second-order valence-corrected chi connectivity index (χ2v) is 21.8. The number of hydrogen-bond donors (Lipinski definition) is 0. The van der Waals surface area contributed by atoms with Gasteiger partial charge in [-0.15, -0.1) is 48.0 Å². The van der Waals surface area contributed by atoms with Gasteiger partial charge in [0.1, 0.15) is 5.58 Å². The molecule has 0 spiro atoms. The van der Waals surface area contributed by atoms with Crippen LogP contribution in [0.3, 0.4) is 0 Å². The normalized spacial score (nSPS) is 15.4. The summed E-state index contributed by atoms with van der Waals surface area (Å²) >= 11 is 0. The van der Waals surface area contributed by atoms with E-state index in [9.17, 15) is 4.39 Å². The van der Waals surface area contributed by atoms with E-state index in [1.54, 1.807) is 12.3 Å². The molecule has 0 N–H and O–H groups in total. The van der Waals surface area contributed by atoms with E-state index in [0.29, 0.717) is 11.3 Å². The Labute approximate surface area is 371 Å². The molecule has 0 bridgehead atoms. The van der Waals surface area contributed by atoms with Crippen molar-refractivity contribution in [3.05, 3.63) is 174 Å². The molecule has 1 atom stereocenters. The van der Waals surface area contributed by atoms with Crippen molar-refractivity contribution < 1.29 is 33.0 Å². The van der Waals surface area contributed by atoms with Crippen LogP contribution in [0, 0.1) is 23.9 Å². The molecule has 0 amide bonds. The van der Waals surface area contributed by atoms with Crippen molar-refractivity contribution in [2.75, 3.05) is 0 Å². The number of benzene rings is 6. The largest absolute Gasteiger partial charge is 0.501 e. The second kappa shape index (κ2) is 17.8. The van der Waals surface area contributed by atoms with Crippen LogP contribution in [-0.4, -0.2) is 18.0 Å². The molecule has 0 aliphatic heterocycles. The van der Waals surface area contributed by atoms with Crippen LogP contribution < -0.4 is 5.19 Å². The number of aromatic nitrogens is 2. The van der Waals surface area contributed by atoms with Crippen LogP contribution in [0.5, 0.6) is 0 Å². The topological polar surface area (TPSA) is 38.9 Å². The minimum Gasteiger partial charge on any atom is -0.501 e.